The van der Waals surface area contributed by atoms with Gasteiger partial charge in [0.25, 0.3) is 5.43 Å². The van der Waals surface area contributed by atoms with Crippen molar-refractivity contribution in [2.24, 2.45) is 4.99 Å². The highest BCUT2D eigenvalue weighted by molar-refractivity contribution is 7.19. The molecule has 0 saturated heterocycles. The van der Waals surface area contributed by atoms with Gasteiger partial charge in [-0.25, -0.2) is 4.99 Å². The Morgan fingerprint density at radius 3 is 1.98 bits per heavy atom. The number of fused-ring (bicyclic) bond motifs is 3. The van der Waals surface area contributed by atoms with E-state index in [4.69, 9.17) is 4.98 Å². The van der Waals surface area contributed by atoms with E-state index < -0.39 is 10.9 Å². The lowest BCUT2D eigenvalue weighted by Crippen LogP contribution is -2.30. The van der Waals surface area contributed by atoms with Gasteiger partial charge in [-0.1, -0.05) is 59.7 Å². The highest BCUT2D eigenvalue weighted by atomic mass is 32.1. The number of aromatic nitrogens is 3. The van der Waals surface area contributed by atoms with Crippen molar-refractivity contribution in [3.8, 4) is 10.6 Å². The molecule has 0 aliphatic rings. The predicted octanol–water partition coefficient (Wildman–Crippen LogP) is 8.04. The largest absolute Gasteiger partial charge is 0.302 e. The topological polar surface area (TPSA) is 88.4 Å². The number of thiophene rings is 1. The van der Waals surface area contributed by atoms with Crippen LogP contribution in [0.1, 0.15) is 11.1 Å². The lowest BCUT2D eigenvalue weighted by molar-refractivity contribution is 1.28. The number of hydrogen-bond acceptors (Lipinski definition) is 9. The van der Waals surface area contributed by atoms with Crippen LogP contribution in [0.3, 0.4) is 0 Å². The Labute approximate surface area is 265 Å². The second-order valence-electron chi connectivity index (χ2n) is 11.0. The van der Waals surface area contributed by atoms with Crippen LogP contribution in [0.4, 0.5) is 22.1 Å². The summed E-state index contributed by atoms with van der Waals surface area (Å²) < 4.78 is 9.11. The number of hydrogen-bond donors (Lipinski definition) is 0. The van der Waals surface area contributed by atoms with E-state index >= 15 is 0 Å². The van der Waals surface area contributed by atoms with Crippen molar-refractivity contribution in [2.75, 3.05) is 4.90 Å². The SMILES string of the molecule is Cc1ccc(N(c2ccc(C)cc2)c2ccc(-c3ncc(N=c4c(=O)c(=O)c5cc6ccccc6cc45)c4nsnc34)s2)cc1. The molecule has 3 heterocycles. The van der Waals surface area contributed by atoms with Gasteiger partial charge in [0, 0.05) is 22.1 Å². The molecule has 0 bridgehead atoms. The summed E-state index contributed by atoms with van der Waals surface area (Å²) in [5, 5.41) is 3.86. The summed E-state index contributed by atoms with van der Waals surface area (Å²) in [5.74, 6) is 0. The summed E-state index contributed by atoms with van der Waals surface area (Å²) in [4.78, 5) is 38.6. The first-order valence-corrected chi connectivity index (χ1v) is 15.8. The van der Waals surface area contributed by atoms with Gasteiger partial charge in [0.2, 0.25) is 5.43 Å². The maximum absolute atomic E-state index is 13.1. The van der Waals surface area contributed by atoms with Gasteiger partial charge < -0.3 is 4.90 Å². The van der Waals surface area contributed by atoms with Crippen LogP contribution in [0.5, 0.6) is 0 Å². The molecule has 5 aromatic carbocycles. The first-order valence-electron chi connectivity index (χ1n) is 14.3. The molecule has 0 atom stereocenters. The number of rotatable bonds is 5. The molecule has 9 heteroatoms. The van der Waals surface area contributed by atoms with Gasteiger partial charge >= 0.3 is 0 Å². The fraction of sp³-hybridized carbons (Fsp3) is 0.0556. The van der Waals surface area contributed by atoms with Crippen LogP contribution in [-0.2, 0) is 0 Å². The second kappa shape index (κ2) is 10.7. The molecule has 0 saturated carbocycles. The molecule has 0 radical (unpaired) electrons. The van der Waals surface area contributed by atoms with Crippen molar-refractivity contribution in [1.82, 2.24) is 13.7 Å². The summed E-state index contributed by atoms with van der Waals surface area (Å²) in [6.45, 7) is 4.16. The molecule has 7 nitrogen and oxygen atoms in total. The molecule has 8 rings (SSSR count). The third-order valence-corrected chi connectivity index (χ3v) is 9.55. The lowest BCUT2D eigenvalue weighted by atomic mass is 10.1. The van der Waals surface area contributed by atoms with Crippen LogP contribution in [0.15, 0.2) is 118 Å². The third-order valence-electron chi connectivity index (χ3n) is 7.94. The van der Waals surface area contributed by atoms with E-state index in [1.807, 2.05) is 36.4 Å². The Morgan fingerprint density at radius 2 is 1.31 bits per heavy atom. The van der Waals surface area contributed by atoms with E-state index in [0.717, 1.165) is 43.8 Å². The Morgan fingerprint density at radius 1 is 0.689 bits per heavy atom. The number of anilines is 3. The molecule has 0 aliphatic carbocycles. The van der Waals surface area contributed by atoms with E-state index in [2.05, 4.69) is 87.1 Å². The van der Waals surface area contributed by atoms with Crippen molar-refractivity contribution < 1.29 is 0 Å². The van der Waals surface area contributed by atoms with Gasteiger partial charge in [0.05, 0.1) is 22.8 Å². The smallest absolute Gasteiger partial charge is 0.252 e. The molecule has 0 amide bonds. The highest BCUT2D eigenvalue weighted by Gasteiger charge is 2.20. The van der Waals surface area contributed by atoms with Gasteiger partial charge in [-0.2, -0.15) is 8.75 Å². The van der Waals surface area contributed by atoms with Gasteiger partial charge in [0.15, 0.2) is 0 Å². The zero-order valence-corrected chi connectivity index (χ0v) is 25.8. The minimum Gasteiger partial charge on any atom is -0.302 e. The van der Waals surface area contributed by atoms with Crippen LogP contribution in [0.2, 0.25) is 0 Å². The van der Waals surface area contributed by atoms with E-state index in [-0.39, 0.29) is 5.36 Å². The van der Waals surface area contributed by atoms with E-state index in [1.165, 1.54) is 11.1 Å². The molecule has 0 spiro atoms. The van der Waals surface area contributed by atoms with Gasteiger partial charge in [-0.15, -0.1) is 11.3 Å². The average Bonchev–Trinajstić information content (AvgIpc) is 3.79. The maximum atomic E-state index is 13.1. The molecule has 0 fully saturated rings. The average molecular weight is 622 g/mol. The zero-order chi connectivity index (χ0) is 30.7. The quantitative estimate of drug-likeness (QED) is 0.181. The first kappa shape index (κ1) is 27.2. The van der Waals surface area contributed by atoms with Crippen molar-refractivity contribution >= 4 is 77.7 Å². The molecular weight excluding hydrogens is 599 g/mol. The molecule has 45 heavy (non-hydrogen) atoms. The third kappa shape index (κ3) is 4.64. The molecule has 0 N–H and O–H groups in total. The zero-order valence-electron chi connectivity index (χ0n) is 24.2. The van der Waals surface area contributed by atoms with Gasteiger partial charge in [-0.3, -0.25) is 14.6 Å². The molecule has 0 aliphatic heterocycles. The monoisotopic (exact) mass is 621 g/mol. The minimum atomic E-state index is -0.629. The number of aryl methyl sites for hydroxylation is 2. The molecule has 0 unspecified atom stereocenters. The lowest BCUT2D eigenvalue weighted by Gasteiger charge is -2.24. The van der Waals surface area contributed by atoms with E-state index in [9.17, 15) is 9.59 Å². The van der Waals surface area contributed by atoms with Gasteiger partial charge in [-0.05, 0) is 73.2 Å². The minimum absolute atomic E-state index is 0.106. The summed E-state index contributed by atoms with van der Waals surface area (Å²) in [5.41, 5.74) is 5.55. The standard InChI is InChI=1S/C36H23N5O2S2/c1-20-7-11-24(12-8-20)41(25-13-9-21(2)10-14-25)30-16-15-29(44-30)33-34-32(39-45-40-34)28(19-37-33)38-31-26-17-22-5-3-4-6-23(22)18-27(26)35(42)36(31)43/h3-19H,1-2H3. The van der Waals surface area contributed by atoms with E-state index in [1.54, 1.807) is 23.6 Å². The molecule has 8 aromatic rings. The molecule has 3 aromatic heterocycles. The Bertz CT molecular complexity index is 2510. The molecular formula is C36H23N5O2S2. The van der Waals surface area contributed by atoms with Crippen LogP contribution < -0.4 is 21.1 Å². The number of nitrogens with zero attached hydrogens (tertiary/aromatic N) is 5. The van der Waals surface area contributed by atoms with Crippen molar-refractivity contribution in [1.29, 1.82) is 0 Å². The number of pyridine rings is 1. The van der Waals surface area contributed by atoms with Crippen LogP contribution in [0, 0.1) is 13.8 Å². The van der Waals surface area contributed by atoms with Crippen LogP contribution in [-0.4, -0.2) is 13.7 Å². The van der Waals surface area contributed by atoms with Crippen molar-refractivity contribution in [3.05, 3.63) is 140 Å². The van der Waals surface area contributed by atoms with Crippen molar-refractivity contribution in [2.45, 2.75) is 13.8 Å². The molecule has 216 valence electrons. The van der Waals surface area contributed by atoms with Crippen molar-refractivity contribution in [3.63, 3.8) is 0 Å². The normalized spacial score (nSPS) is 12.1. The summed E-state index contributed by atoms with van der Waals surface area (Å²) in [6.07, 6.45) is 1.61. The van der Waals surface area contributed by atoms with Crippen LogP contribution >= 0.6 is 23.1 Å². The second-order valence-corrected chi connectivity index (χ2v) is 12.6. The van der Waals surface area contributed by atoms with E-state index in [0.29, 0.717) is 33.2 Å². The predicted molar refractivity (Wildman–Crippen MR) is 184 cm³/mol. The fourth-order valence-corrected chi connectivity index (χ4v) is 7.20. The Hall–Kier alpha value is -5.38. The highest BCUT2D eigenvalue weighted by Crippen LogP contribution is 2.43. The first-order chi connectivity index (χ1) is 21.9. The fourth-order valence-electron chi connectivity index (χ4n) is 5.60. The summed E-state index contributed by atoms with van der Waals surface area (Å²) in [7, 11) is 0. The Kier molecular flexibility index (Phi) is 6.44. The maximum Gasteiger partial charge on any atom is 0.252 e. The summed E-state index contributed by atoms with van der Waals surface area (Å²) in [6, 6.07) is 32.4. The number of benzene rings is 4. The summed E-state index contributed by atoms with van der Waals surface area (Å²) >= 11 is 2.67. The van der Waals surface area contributed by atoms with Gasteiger partial charge in [0.1, 0.15) is 32.8 Å². The Balaban J connectivity index is 1.24. The van der Waals surface area contributed by atoms with Crippen LogP contribution in [0.25, 0.3) is 43.1 Å².